The van der Waals surface area contributed by atoms with Crippen LogP contribution in [0.1, 0.15) is 50.6 Å². The molecule has 2 aromatic heterocycles. The lowest BCUT2D eigenvalue weighted by molar-refractivity contribution is -0.123. The standard InChI is InChI=1S/C24H20BrCl2N5O5/c1-12-21-17(29-31-23(34)13-7-14(25)10-28-9-13)3-2-4-19(21)37-22(12)24(35)32-30-20(33)11-36-18-6-5-15(26)8-16(18)27/h5-10H,2-4,11H2,1H3,(H,30,33)(H,31,34)(H,32,35). The van der Waals surface area contributed by atoms with Crippen molar-refractivity contribution in [2.24, 2.45) is 5.10 Å². The molecule has 4 rings (SSSR count). The smallest absolute Gasteiger partial charge is 0.305 e. The van der Waals surface area contributed by atoms with Crippen LogP contribution in [0.2, 0.25) is 10.0 Å². The number of fused-ring (bicyclic) bond motifs is 1. The molecule has 3 amide bonds. The molecule has 1 aliphatic rings. The van der Waals surface area contributed by atoms with Crippen molar-refractivity contribution in [1.82, 2.24) is 21.3 Å². The van der Waals surface area contributed by atoms with Gasteiger partial charge < -0.3 is 9.15 Å². The van der Waals surface area contributed by atoms with Crippen molar-refractivity contribution in [3.8, 4) is 5.75 Å². The van der Waals surface area contributed by atoms with Crippen molar-refractivity contribution >= 4 is 62.6 Å². The van der Waals surface area contributed by atoms with Gasteiger partial charge in [-0.15, -0.1) is 0 Å². The first kappa shape index (κ1) is 26.6. The highest BCUT2D eigenvalue weighted by Crippen LogP contribution is 2.30. The van der Waals surface area contributed by atoms with Crippen molar-refractivity contribution in [2.45, 2.75) is 26.2 Å². The molecule has 3 N–H and O–H groups in total. The van der Waals surface area contributed by atoms with Gasteiger partial charge in [-0.2, -0.15) is 5.10 Å². The number of carbonyl (C=O) groups is 3. The number of furan rings is 1. The number of nitrogens with one attached hydrogen (secondary N) is 3. The zero-order valence-electron chi connectivity index (χ0n) is 19.4. The number of aromatic nitrogens is 1. The lowest BCUT2D eigenvalue weighted by atomic mass is 9.93. The molecule has 1 aromatic carbocycles. The number of pyridine rings is 1. The summed E-state index contributed by atoms with van der Waals surface area (Å²) in [4.78, 5) is 41.3. The van der Waals surface area contributed by atoms with E-state index >= 15 is 0 Å². The molecule has 10 nitrogen and oxygen atoms in total. The number of halogens is 3. The highest BCUT2D eigenvalue weighted by atomic mass is 79.9. The number of ether oxygens (including phenoxy) is 1. The van der Waals surface area contributed by atoms with E-state index in [2.05, 4.69) is 42.3 Å². The molecule has 2 heterocycles. The second-order valence-corrected chi connectivity index (χ2v) is 9.72. The summed E-state index contributed by atoms with van der Waals surface area (Å²) in [6, 6.07) is 6.22. The van der Waals surface area contributed by atoms with Gasteiger partial charge in [0.15, 0.2) is 12.4 Å². The molecule has 0 spiro atoms. The second kappa shape index (κ2) is 11.8. The number of rotatable bonds is 6. The Balaban J connectivity index is 1.39. The number of nitrogens with zero attached hydrogens (tertiary/aromatic N) is 2. The van der Waals surface area contributed by atoms with Gasteiger partial charge in [-0.25, -0.2) is 5.43 Å². The predicted octanol–water partition coefficient (Wildman–Crippen LogP) is 4.36. The summed E-state index contributed by atoms with van der Waals surface area (Å²) in [5, 5.41) is 4.97. The van der Waals surface area contributed by atoms with Crippen LogP contribution in [0, 0.1) is 6.92 Å². The second-order valence-electron chi connectivity index (χ2n) is 7.96. The molecule has 0 aliphatic heterocycles. The van der Waals surface area contributed by atoms with E-state index in [4.69, 9.17) is 32.4 Å². The molecular weight excluding hydrogens is 589 g/mol. The Labute approximate surface area is 229 Å². The van der Waals surface area contributed by atoms with Crippen LogP contribution in [-0.4, -0.2) is 35.0 Å². The third kappa shape index (κ3) is 6.48. The molecule has 0 saturated heterocycles. The van der Waals surface area contributed by atoms with Gasteiger partial charge >= 0.3 is 5.91 Å². The van der Waals surface area contributed by atoms with Gasteiger partial charge in [0.2, 0.25) is 0 Å². The first-order chi connectivity index (χ1) is 17.7. The van der Waals surface area contributed by atoms with E-state index in [9.17, 15) is 14.4 Å². The zero-order chi connectivity index (χ0) is 26.5. The third-order valence-electron chi connectivity index (χ3n) is 5.36. The fourth-order valence-electron chi connectivity index (χ4n) is 3.67. The number of benzene rings is 1. The number of hydrogen-bond acceptors (Lipinski definition) is 7. The Hall–Kier alpha value is -3.41. The summed E-state index contributed by atoms with van der Waals surface area (Å²) in [5.41, 5.74) is 9.27. The molecule has 0 fully saturated rings. The number of amides is 3. The third-order valence-corrected chi connectivity index (χ3v) is 6.32. The predicted molar refractivity (Wildman–Crippen MR) is 140 cm³/mol. The van der Waals surface area contributed by atoms with Crippen molar-refractivity contribution in [2.75, 3.05) is 6.61 Å². The van der Waals surface area contributed by atoms with Crippen LogP contribution in [0.3, 0.4) is 0 Å². The fraction of sp³-hybridized carbons (Fsp3) is 0.208. The Morgan fingerprint density at radius 1 is 1.14 bits per heavy atom. The molecule has 37 heavy (non-hydrogen) atoms. The van der Waals surface area contributed by atoms with Crippen molar-refractivity contribution in [1.29, 1.82) is 0 Å². The maximum atomic E-state index is 12.7. The van der Waals surface area contributed by atoms with Gasteiger partial charge in [-0.3, -0.25) is 30.2 Å². The summed E-state index contributed by atoms with van der Waals surface area (Å²) < 4.78 is 11.8. The van der Waals surface area contributed by atoms with E-state index in [0.29, 0.717) is 50.5 Å². The van der Waals surface area contributed by atoms with Gasteiger partial charge in [-0.1, -0.05) is 23.2 Å². The van der Waals surface area contributed by atoms with Crippen molar-refractivity contribution < 1.29 is 23.5 Å². The first-order valence-corrected chi connectivity index (χ1v) is 12.5. The van der Waals surface area contributed by atoms with Crippen LogP contribution in [0.5, 0.6) is 5.75 Å². The molecule has 13 heteroatoms. The minimum Gasteiger partial charge on any atom is -0.482 e. The summed E-state index contributed by atoms with van der Waals surface area (Å²) in [6.45, 7) is 1.32. The van der Waals surface area contributed by atoms with E-state index in [0.717, 1.165) is 6.42 Å². The van der Waals surface area contributed by atoms with E-state index in [1.54, 1.807) is 25.3 Å². The first-order valence-electron chi connectivity index (χ1n) is 11.0. The molecule has 3 aromatic rings. The minimum absolute atomic E-state index is 0.0316. The quantitative estimate of drug-likeness (QED) is 0.356. The Kier molecular flexibility index (Phi) is 8.47. The van der Waals surface area contributed by atoms with Crippen LogP contribution in [0.25, 0.3) is 0 Å². The van der Waals surface area contributed by atoms with Gasteiger partial charge in [0.1, 0.15) is 11.5 Å². The van der Waals surface area contributed by atoms with Crippen LogP contribution >= 0.6 is 39.1 Å². The van der Waals surface area contributed by atoms with Crippen molar-refractivity contribution in [3.05, 3.63) is 79.4 Å². The van der Waals surface area contributed by atoms with Gasteiger partial charge in [-0.05, 0) is 60.0 Å². The van der Waals surface area contributed by atoms with E-state index in [1.165, 1.54) is 18.3 Å². The number of hydrazone groups is 1. The highest BCUT2D eigenvalue weighted by Gasteiger charge is 2.28. The Bertz CT molecular complexity index is 1410. The number of carbonyl (C=O) groups excluding carboxylic acids is 3. The SMILES string of the molecule is Cc1c(C(=O)NNC(=O)COc2ccc(Cl)cc2Cl)oc2c1C(=NNC(=O)c1cncc(Br)c1)CCC2. The Morgan fingerprint density at radius 2 is 1.95 bits per heavy atom. The molecule has 0 saturated carbocycles. The summed E-state index contributed by atoms with van der Waals surface area (Å²) >= 11 is 15.1. The van der Waals surface area contributed by atoms with Gasteiger partial charge in [0.25, 0.3) is 11.8 Å². The average molecular weight is 609 g/mol. The summed E-state index contributed by atoms with van der Waals surface area (Å²) in [7, 11) is 0. The lowest BCUT2D eigenvalue weighted by Gasteiger charge is -2.13. The molecule has 0 unspecified atom stereocenters. The normalized spacial score (nSPS) is 13.6. The maximum Gasteiger partial charge on any atom is 0.305 e. The monoisotopic (exact) mass is 607 g/mol. The number of aryl methyl sites for hydroxylation is 1. The van der Waals surface area contributed by atoms with E-state index < -0.39 is 17.7 Å². The maximum absolute atomic E-state index is 12.7. The van der Waals surface area contributed by atoms with Crippen molar-refractivity contribution in [3.63, 3.8) is 0 Å². The van der Waals surface area contributed by atoms with Gasteiger partial charge in [0, 0.05) is 39.4 Å². The topological polar surface area (TPSA) is 135 Å². The number of hydrogen-bond donors (Lipinski definition) is 3. The lowest BCUT2D eigenvalue weighted by Crippen LogP contribution is -2.43. The number of hydrazine groups is 1. The summed E-state index contributed by atoms with van der Waals surface area (Å²) in [6.07, 6.45) is 4.93. The molecule has 0 atom stereocenters. The van der Waals surface area contributed by atoms with Crippen LogP contribution < -0.4 is 21.0 Å². The Morgan fingerprint density at radius 3 is 2.70 bits per heavy atom. The zero-order valence-corrected chi connectivity index (χ0v) is 22.5. The average Bonchev–Trinajstić information content (AvgIpc) is 3.22. The molecule has 0 radical (unpaired) electrons. The molecule has 1 aliphatic carbocycles. The van der Waals surface area contributed by atoms with Crippen LogP contribution in [-0.2, 0) is 11.2 Å². The summed E-state index contributed by atoms with van der Waals surface area (Å²) in [5.74, 6) is -0.787. The van der Waals surface area contributed by atoms with E-state index in [1.807, 2.05) is 0 Å². The molecular formula is C24H20BrCl2N5O5. The van der Waals surface area contributed by atoms with Crippen LogP contribution in [0.15, 0.2) is 50.7 Å². The fourth-order valence-corrected chi connectivity index (χ4v) is 4.50. The molecule has 192 valence electrons. The minimum atomic E-state index is -0.645. The highest BCUT2D eigenvalue weighted by molar-refractivity contribution is 9.10. The largest absolute Gasteiger partial charge is 0.482 e. The molecule has 0 bridgehead atoms. The van der Waals surface area contributed by atoms with E-state index in [-0.39, 0.29) is 23.1 Å². The van der Waals surface area contributed by atoms with Crippen LogP contribution in [0.4, 0.5) is 0 Å². The van der Waals surface area contributed by atoms with Gasteiger partial charge in [0.05, 0.1) is 16.3 Å².